The molecule has 0 saturated heterocycles. The summed E-state index contributed by atoms with van der Waals surface area (Å²) in [5.74, 6) is -1.83. The van der Waals surface area contributed by atoms with Gasteiger partial charge in [0.05, 0.1) is 0 Å². The number of carbonyl (C=O) groups is 4. The van der Waals surface area contributed by atoms with E-state index in [9.17, 15) is 24.3 Å². The molecule has 1 aliphatic carbocycles. The maximum Gasteiger partial charge on any atom is 0.407 e. The number of unbranched alkanes of at least 4 members (excludes halogenated alkanes) is 1. The van der Waals surface area contributed by atoms with Crippen molar-refractivity contribution in [2.24, 2.45) is 5.92 Å². The fourth-order valence-electron chi connectivity index (χ4n) is 4.99. The van der Waals surface area contributed by atoms with Gasteiger partial charge in [0.15, 0.2) is 0 Å². The Morgan fingerprint density at radius 1 is 0.857 bits per heavy atom. The number of hydrogen-bond acceptors (Lipinski definition) is 6. The van der Waals surface area contributed by atoms with E-state index in [0.717, 1.165) is 22.3 Å². The van der Waals surface area contributed by atoms with Gasteiger partial charge in [-0.3, -0.25) is 4.79 Å². The third-order valence-electron chi connectivity index (χ3n) is 6.86. The third-order valence-corrected chi connectivity index (χ3v) is 6.86. The molecule has 1 aliphatic rings. The van der Waals surface area contributed by atoms with E-state index in [1.807, 2.05) is 62.4 Å². The minimum absolute atomic E-state index is 0.0526. The number of carbonyl (C=O) groups excluding carboxylic acids is 3. The van der Waals surface area contributed by atoms with Gasteiger partial charge in [0.25, 0.3) is 0 Å². The molecule has 0 aliphatic heterocycles. The third kappa shape index (κ3) is 9.49. The Morgan fingerprint density at radius 3 is 2.00 bits per heavy atom. The SMILES string of the molecule is CC(C)C[C@@H](NC(=O)OCC1c2ccccc2-c2ccccc21)C(=O)N[C@H](CCCCNC(=O)OC(C)(C)C)C(=O)O. The van der Waals surface area contributed by atoms with Crippen molar-refractivity contribution >= 4 is 24.1 Å². The van der Waals surface area contributed by atoms with Crippen molar-refractivity contribution in [3.05, 3.63) is 59.7 Å². The molecule has 2 aromatic carbocycles. The molecule has 10 nitrogen and oxygen atoms in total. The van der Waals surface area contributed by atoms with Crippen LogP contribution in [0.15, 0.2) is 48.5 Å². The van der Waals surface area contributed by atoms with Crippen molar-refractivity contribution in [2.45, 2.75) is 83.9 Å². The van der Waals surface area contributed by atoms with E-state index in [4.69, 9.17) is 9.47 Å². The van der Waals surface area contributed by atoms with E-state index < -0.39 is 41.7 Å². The zero-order chi connectivity index (χ0) is 30.9. The molecule has 42 heavy (non-hydrogen) atoms. The van der Waals surface area contributed by atoms with Crippen LogP contribution < -0.4 is 16.0 Å². The lowest BCUT2D eigenvalue weighted by Gasteiger charge is -2.23. The summed E-state index contributed by atoms with van der Waals surface area (Å²) in [4.78, 5) is 49.6. The molecule has 228 valence electrons. The molecule has 10 heteroatoms. The average Bonchev–Trinajstić information content (AvgIpc) is 3.23. The number of amides is 3. The van der Waals surface area contributed by atoms with Crippen LogP contribution in [0.5, 0.6) is 0 Å². The Bertz CT molecular complexity index is 1210. The molecule has 0 aromatic heterocycles. The first kappa shape index (κ1) is 32.4. The maximum atomic E-state index is 13.1. The topological polar surface area (TPSA) is 143 Å². The molecule has 0 radical (unpaired) electrons. The standard InChI is InChI=1S/C32H43N3O7/c1-20(2)18-27(28(36)34-26(29(37)38)16-10-11-17-33-30(39)42-32(3,4)5)35-31(40)41-19-25-23-14-8-6-12-21(23)22-13-7-9-15-24(22)25/h6-9,12-15,20,25-27H,10-11,16-19H2,1-5H3,(H,33,39)(H,34,36)(H,35,40)(H,37,38)/t26-,27-/m1/s1. The van der Waals surface area contributed by atoms with E-state index in [2.05, 4.69) is 16.0 Å². The number of fused-ring (bicyclic) bond motifs is 3. The van der Waals surface area contributed by atoms with E-state index in [0.29, 0.717) is 25.8 Å². The lowest BCUT2D eigenvalue weighted by Crippen LogP contribution is -2.52. The smallest absolute Gasteiger partial charge is 0.407 e. The van der Waals surface area contributed by atoms with Gasteiger partial charge in [-0.15, -0.1) is 0 Å². The van der Waals surface area contributed by atoms with Crippen molar-refractivity contribution in [3.63, 3.8) is 0 Å². The van der Waals surface area contributed by atoms with E-state index in [1.165, 1.54) is 0 Å². The Morgan fingerprint density at radius 2 is 1.45 bits per heavy atom. The first-order chi connectivity index (χ1) is 19.9. The maximum absolute atomic E-state index is 13.1. The number of rotatable bonds is 13. The van der Waals surface area contributed by atoms with Gasteiger partial charge < -0.3 is 30.5 Å². The number of carboxylic acids is 1. The summed E-state index contributed by atoms with van der Waals surface area (Å²) in [5.41, 5.74) is 3.77. The van der Waals surface area contributed by atoms with Gasteiger partial charge in [0, 0.05) is 12.5 Å². The van der Waals surface area contributed by atoms with Crippen LogP contribution in [0.4, 0.5) is 9.59 Å². The fraction of sp³-hybridized carbons (Fsp3) is 0.500. The minimum Gasteiger partial charge on any atom is -0.480 e. The summed E-state index contributed by atoms with van der Waals surface area (Å²) in [6.07, 6.45) is 0.145. The molecule has 2 aromatic rings. The molecule has 0 heterocycles. The molecule has 0 fully saturated rings. The van der Waals surface area contributed by atoms with Crippen LogP contribution in [0.2, 0.25) is 0 Å². The number of hydrogen-bond donors (Lipinski definition) is 4. The second-order valence-electron chi connectivity index (χ2n) is 12.0. The van der Waals surface area contributed by atoms with Gasteiger partial charge in [-0.1, -0.05) is 62.4 Å². The Labute approximate surface area is 247 Å². The predicted octanol–water partition coefficient (Wildman–Crippen LogP) is 5.20. The van der Waals surface area contributed by atoms with Crippen LogP contribution in [0.25, 0.3) is 11.1 Å². The normalized spacial score (nSPS) is 13.9. The van der Waals surface area contributed by atoms with Gasteiger partial charge in [0.1, 0.15) is 24.3 Å². The number of alkyl carbamates (subject to hydrolysis) is 2. The van der Waals surface area contributed by atoms with Gasteiger partial charge >= 0.3 is 18.2 Å². The number of ether oxygens (including phenoxy) is 2. The number of aliphatic carboxylic acids is 1. The molecule has 4 N–H and O–H groups in total. The Balaban J connectivity index is 1.53. The number of nitrogens with one attached hydrogen (secondary N) is 3. The Hall–Kier alpha value is -4.08. The lowest BCUT2D eigenvalue weighted by atomic mass is 9.98. The van der Waals surface area contributed by atoms with Crippen molar-refractivity contribution in [2.75, 3.05) is 13.2 Å². The zero-order valence-corrected chi connectivity index (χ0v) is 25.1. The first-order valence-corrected chi connectivity index (χ1v) is 14.5. The molecule has 2 atom stereocenters. The van der Waals surface area contributed by atoms with Crippen LogP contribution in [-0.2, 0) is 19.1 Å². The number of benzene rings is 2. The van der Waals surface area contributed by atoms with Crippen LogP contribution in [-0.4, -0.2) is 60.0 Å². The summed E-state index contributed by atoms with van der Waals surface area (Å²) in [7, 11) is 0. The second kappa shape index (κ2) is 14.7. The van der Waals surface area contributed by atoms with Crippen LogP contribution in [0.3, 0.4) is 0 Å². The van der Waals surface area contributed by atoms with Crippen LogP contribution in [0, 0.1) is 5.92 Å². The monoisotopic (exact) mass is 581 g/mol. The highest BCUT2D eigenvalue weighted by Crippen LogP contribution is 2.44. The number of carboxylic acid groups (broad SMARTS) is 1. The van der Waals surface area contributed by atoms with Gasteiger partial charge in [-0.2, -0.15) is 0 Å². The summed E-state index contributed by atoms with van der Waals surface area (Å²) in [5, 5.41) is 17.5. The second-order valence-corrected chi connectivity index (χ2v) is 12.0. The minimum atomic E-state index is -1.17. The van der Waals surface area contributed by atoms with Gasteiger partial charge in [-0.05, 0) is 74.6 Å². The molecular formula is C32H43N3O7. The zero-order valence-electron chi connectivity index (χ0n) is 25.1. The van der Waals surface area contributed by atoms with Crippen molar-refractivity contribution in [1.29, 1.82) is 0 Å². The molecule has 0 unspecified atom stereocenters. The van der Waals surface area contributed by atoms with E-state index in [1.54, 1.807) is 20.8 Å². The molecule has 0 spiro atoms. The van der Waals surface area contributed by atoms with Gasteiger partial charge in [-0.25, -0.2) is 14.4 Å². The van der Waals surface area contributed by atoms with Crippen LogP contribution >= 0.6 is 0 Å². The molecule has 3 amide bonds. The summed E-state index contributed by atoms with van der Waals surface area (Å²) in [6, 6.07) is 13.9. The summed E-state index contributed by atoms with van der Waals surface area (Å²) in [6.45, 7) is 9.53. The first-order valence-electron chi connectivity index (χ1n) is 14.5. The highest BCUT2D eigenvalue weighted by atomic mass is 16.6. The molecule has 0 saturated carbocycles. The molecule has 0 bridgehead atoms. The van der Waals surface area contributed by atoms with Crippen molar-refractivity contribution in [3.8, 4) is 11.1 Å². The van der Waals surface area contributed by atoms with Crippen LogP contribution in [0.1, 0.15) is 77.3 Å². The predicted molar refractivity (Wildman–Crippen MR) is 159 cm³/mol. The van der Waals surface area contributed by atoms with E-state index in [-0.39, 0.29) is 24.9 Å². The highest BCUT2D eigenvalue weighted by Gasteiger charge is 2.31. The van der Waals surface area contributed by atoms with Gasteiger partial charge in [0.2, 0.25) is 5.91 Å². The summed E-state index contributed by atoms with van der Waals surface area (Å²) >= 11 is 0. The Kier molecular flexibility index (Phi) is 11.4. The van der Waals surface area contributed by atoms with Crippen molar-refractivity contribution < 1.29 is 33.8 Å². The molecular weight excluding hydrogens is 538 g/mol. The quantitative estimate of drug-likeness (QED) is 0.238. The largest absolute Gasteiger partial charge is 0.480 e. The average molecular weight is 582 g/mol. The summed E-state index contributed by atoms with van der Waals surface area (Å²) < 4.78 is 10.8. The highest BCUT2D eigenvalue weighted by molar-refractivity contribution is 5.89. The lowest BCUT2D eigenvalue weighted by molar-refractivity contribution is -0.142. The van der Waals surface area contributed by atoms with E-state index >= 15 is 0 Å². The van der Waals surface area contributed by atoms with Crippen molar-refractivity contribution in [1.82, 2.24) is 16.0 Å². The molecule has 3 rings (SSSR count). The fourth-order valence-corrected chi connectivity index (χ4v) is 4.99.